The van der Waals surface area contributed by atoms with E-state index in [9.17, 15) is 4.79 Å². The van der Waals surface area contributed by atoms with Crippen molar-refractivity contribution in [2.24, 2.45) is 5.73 Å². The van der Waals surface area contributed by atoms with Gasteiger partial charge in [0.1, 0.15) is 12.3 Å². The number of carbonyl (C=O) groups is 1. The van der Waals surface area contributed by atoms with Crippen LogP contribution in [0.25, 0.3) is 0 Å². The van der Waals surface area contributed by atoms with E-state index in [-0.39, 0.29) is 24.7 Å². The van der Waals surface area contributed by atoms with E-state index in [2.05, 4.69) is 10.3 Å². The third kappa shape index (κ3) is 3.99. The summed E-state index contributed by atoms with van der Waals surface area (Å²) in [6, 6.07) is 4.60. The van der Waals surface area contributed by atoms with E-state index in [1.54, 1.807) is 26.4 Å². The maximum atomic E-state index is 12.0. The summed E-state index contributed by atoms with van der Waals surface area (Å²) in [6.07, 6.45) is 1.20. The number of nitrogens with two attached hydrogens (primary N) is 1. The number of nitrogens with one attached hydrogen (secondary N) is 1. The molecule has 1 heterocycles. The molecule has 1 atom stereocenters. The number of oxazole rings is 1. The Hall–Kier alpha value is -2.58. The average Bonchev–Trinajstić information content (AvgIpc) is 3.08. The Morgan fingerprint density at radius 3 is 2.78 bits per heavy atom. The van der Waals surface area contributed by atoms with Crippen molar-refractivity contribution in [2.75, 3.05) is 20.8 Å². The number of ether oxygens (including phenoxy) is 2. The molecule has 0 bridgehead atoms. The highest BCUT2D eigenvalue weighted by molar-refractivity contribution is 5.91. The van der Waals surface area contributed by atoms with Gasteiger partial charge >= 0.3 is 0 Å². The summed E-state index contributed by atoms with van der Waals surface area (Å²) in [4.78, 5) is 16.0. The summed E-state index contributed by atoms with van der Waals surface area (Å²) in [7, 11) is 3.10. The summed E-state index contributed by atoms with van der Waals surface area (Å²) in [5.41, 5.74) is 6.51. The second-order valence-electron chi connectivity index (χ2n) is 4.73. The number of rotatable bonds is 7. The highest BCUT2D eigenvalue weighted by atomic mass is 16.5. The topological polar surface area (TPSA) is 120 Å². The molecule has 0 spiro atoms. The Morgan fingerprint density at radius 2 is 2.13 bits per heavy atom. The highest BCUT2D eigenvalue weighted by Gasteiger charge is 2.16. The zero-order chi connectivity index (χ0) is 16.8. The normalized spacial score (nSPS) is 11.8. The van der Waals surface area contributed by atoms with E-state index in [1.807, 2.05) is 6.07 Å². The lowest BCUT2D eigenvalue weighted by atomic mass is 10.2. The quantitative estimate of drug-likeness (QED) is 0.683. The fourth-order valence-corrected chi connectivity index (χ4v) is 1.90. The molecule has 0 fully saturated rings. The fraction of sp³-hybridized carbons (Fsp3) is 0.333. The van der Waals surface area contributed by atoms with Gasteiger partial charge < -0.3 is 30.0 Å². The second-order valence-corrected chi connectivity index (χ2v) is 4.73. The van der Waals surface area contributed by atoms with E-state index in [1.165, 1.54) is 6.26 Å². The van der Waals surface area contributed by atoms with Crippen LogP contribution in [0.15, 0.2) is 28.9 Å². The highest BCUT2D eigenvalue weighted by Crippen LogP contribution is 2.27. The molecule has 1 amide bonds. The molecule has 1 aromatic carbocycles. The van der Waals surface area contributed by atoms with Gasteiger partial charge in [-0.1, -0.05) is 6.07 Å². The van der Waals surface area contributed by atoms with Crippen molar-refractivity contribution in [3.63, 3.8) is 0 Å². The molecule has 23 heavy (non-hydrogen) atoms. The predicted octanol–water partition coefficient (Wildman–Crippen LogP) is 0.614. The van der Waals surface area contributed by atoms with Crippen LogP contribution in [-0.2, 0) is 6.54 Å². The zero-order valence-electron chi connectivity index (χ0n) is 12.9. The largest absolute Gasteiger partial charge is 0.493 e. The SMILES string of the molecule is COc1ccc(CNC(=O)c2coc(C(N)CO)n2)cc1OC. The summed E-state index contributed by atoms with van der Waals surface area (Å²) < 4.78 is 15.4. The lowest BCUT2D eigenvalue weighted by molar-refractivity contribution is 0.0945. The number of amides is 1. The molecule has 0 aliphatic heterocycles. The van der Waals surface area contributed by atoms with Crippen molar-refractivity contribution in [2.45, 2.75) is 12.6 Å². The molecule has 0 saturated carbocycles. The van der Waals surface area contributed by atoms with E-state index in [0.29, 0.717) is 11.5 Å². The fourth-order valence-electron chi connectivity index (χ4n) is 1.90. The third-order valence-corrected chi connectivity index (χ3v) is 3.17. The molecular formula is C15H19N3O5. The van der Waals surface area contributed by atoms with Gasteiger partial charge in [0, 0.05) is 6.54 Å². The molecule has 0 saturated heterocycles. The van der Waals surface area contributed by atoms with Gasteiger partial charge in [-0.15, -0.1) is 0 Å². The average molecular weight is 321 g/mol. The molecule has 2 rings (SSSR count). The molecule has 0 aliphatic carbocycles. The first-order valence-electron chi connectivity index (χ1n) is 6.90. The maximum absolute atomic E-state index is 12.0. The molecule has 1 unspecified atom stereocenters. The van der Waals surface area contributed by atoms with Crippen molar-refractivity contribution < 1.29 is 23.8 Å². The lowest BCUT2D eigenvalue weighted by Crippen LogP contribution is -2.23. The minimum Gasteiger partial charge on any atom is -0.493 e. The molecule has 124 valence electrons. The maximum Gasteiger partial charge on any atom is 0.273 e. The minimum atomic E-state index is -0.748. The van der Waals surface area contributed by atoms with Crippen molar-refractivity contribution in [3.05, 3.63) is 41.6 Å². The monoisotopic (exact) mass is 321 g/mol. The molecule has 4 N–H and O–H groups in total. The van der Waals surface area contributed by atoms with Crippen LogP contribution in [0.3, 0.4) is 0 Å². The predicted molar refractivity (Wildman–Crippen MR) is 81.2 cm³/mol. The van der Waals surface area contributed by atoms with Crippen molar-refractivity contribution in [1.82, 2.24) is 10.3 Å². The van der Waals surface area contributed by atoms with E-state index in [4.69, 9.17) is 24.7 Å². The zero-order valence-corrected chi connectivity index (χ0v) is 12.9. The van der Waals surface area contributed by atoms with Crippen molar-refractivity contribution in [1.29, 1.82) is 0 Å². The van der Waals surface area contributed by atoms with Gasteiger partial charge in [-0.25, -0.2) is 4.98 Å². The second kappa shape index (κ2) is 7.61. The van der Waals surface area contributed by atoms with Crippen LogP contribution in [-0.4, -0.2) is 36.8 Å². The number of hydrogen-bond donors (Lipinski definition) is 3. The van der Waals surface area contributed by atoms with E-state index >= 15 is 0 Å². The number of hydrogen-bond acceptors (Lipinski definition) is 7. The van der Waals surface area contributed by atoms with Crippen LogP contribution in [0.2, 0.25) is 0 Å². The Bertz CT molecular complexity index is 671. The number of benzene rings is 1. The molecule has 0 radical (unpaired) electrons. The van der Waals surface area contributed by atoms with E-state index < -0.39 is 11.9 Å². The summed E-state index contributed by atoms with van der Waals surface area (Å²) in [5, 5.41) is 11.6. The number of nitrogens with zero attached hydrogens (tertiary/aromatic N) is 1. The van der Waals surface area contributed by atoms with Gasteiger partial charge in [0.25, 0.3) is 5.91 Å². The van der Waals surface area contributed by atoms with Crippen molar-refractivity contribution in [3.8, 4) is 11.5 Å². The third-order valence-electron chi connectivity index (χ3n) is 3.17. The van der Waals surface area contributed by atoms with Crippen LogP contribution in [0.1, 0.15) is 28.0 Å². The summed E-state index contributed by atoms with van der Waals surface area (Å²) >= 11 is 0. The molecule has 2 aromatic rings. The van der Waals surface area contributed by atoms with Gasteiger partial charge in [0.05, 0.1) is 20.8 Å². The minimum absolute atomic E-state index is 0.101. The lowest BCUT2D eigenvalue weighted by Gasteiger charge is -2.09. The molecule has 8 heteroatoms. The van der Waals surface area contributed by atoms with Crippen LogP contribution in [0.5, 0.6) is 11.5 Å². The number of aliphatic hydroxyl groups excluding tert-OH is 1. The first-order chi connectivity index (χ1) is 11.1. The first kappa shape index (κ1) is 16.8. The Kier molecular flexibility index (Phi) is 5.56. The molecular weight excluding hydrogens is 302 g/mol. The van der Waals surface area contributed by atoms with Gasteiger partial charge in [0.15, 0.2) is 17.2 Å². The summed E-state index contributed by atoms with van der Waals surface area (Å²) in [5.74, 6) is 0.905. The number of aliphatic hydroxyl groups is 1. The van der Waals surface area contributed by atoms with Crippen molar-refractivity contribution >= 4 is 5.91 Å². The molecule has 1 aromatic heterocycles. The van der Waals surface area contributed by atoms with Gasteiger partial charge in [0.2, 0.25) is 5.89 Å². The van der Waals surface area contributed by atoms with Gasteiger partial charge in [-0.2, -0.15) is 0 Å². The van der Waals surface area contributed by atoms with Crippen LogP contribution < -0.4 is 20.5 Å². The standard InChI is InChI=1S/C15H19N3O5/c1-21-12-4-3-9(5-13(12)22-2)6-17-14(20)11-8-23-15(18-11)10(16)7-19/h3-5,8,10,19H,6-7,16H2,1-2H3,(H,17,20). The number of aromatic nitrogens is 1. The van der Waals surface area contributed by atoms with Crippen LogP contribution >= 0.6 is 0 Å². The van der Waals surface area contributed by atoms with Crippen LogP contribution in [0, 0.1) is 0 Å². The number of carbonyl (C=O) groups excluding carboxylic acids is 1. The Morgan fingerprint density at radius 1 is 1.39 bits per heavy atom. The smallest absolute Gasteiger partial charge is 0.273 e. The van der Waals surface area contributed by atoms with Crippen LogP contribution in [0.4, 0.5) is 0 Å². The van der Waals surface area contributed by atoms with E-state index in [0.717, 1.165) is 5.56 Å². The molecule has 0 aliphatic rings. The van der Waals surface area contributed by atoms with Gasteiger partial charge in [-0.3, -0.25) is 4.79 Å². The van der Waals surface area contributed by atoms with Gasteiger partial charge in [-0.05, 0) is 17.7 Å². The Balaban J connectivity index is 2.00. The Labute approximate surface area is 133 Å². The summed E-state index contributed by atoms with van der Waals surface area (Å²) in [6.45, 7) is -0.0271. The first-order valence-corrected chi connectivity index (χ1v) is 6.90. The molecule has 8 nitrogen and oxygen atoms in total. The number of methoxy groups -OCH3 is 2.